The van der Waals surface area contributed by atoms with Crippen molar-refractivity contribution in [2.75, 3.05) is 0 Å². The Morgan fingerprint density at radius 3 is 2.10 bits per heavy atom. The number of nitrogens with one attached hydrogen (secondary N) is 1. The predicted molar refractivity (Wildman–Crippen MR) is 46.4 cm³/mol. The van der Waals surface area contributed by atoms with E-state index in [1.165, 1.54) is 11.8 Å². The maximum Gasteiger partial charge on any atom is 0.279 e. The fraction of sp³-hybridized carbons (Fsp3) is 0.857. The van der Waals surface area contributed by atoms with Gasteiger partial charge in [0.05, 0.1) is 0 Å². The lowest BCUT2D eigenvalue weighted by molar-refractivity contribution is 0.258. The molecule has 2 nitrogen and oxygen atoms in total. The Labute approximate surface area is 66.8 Å². The smallest absolute Gasteiger partial charge is 0.279 e. The number of rotatable bonds is 2. The number of carbonyl (C=O) groups is 1. The highest BCUT2D eigenvalue weighted by atomic mass is 32.2. The van der Waals surface area contributed by atoms with Crippen LogP contribution in [0.1, 0.15) is 27.7 Å². The van der Waals surface area contributed by atoms with E-state index < -0.39 is 0 Å². The molecule has 0 aromatic rings. The highest BCUT2D eigenvalue weighted by Crippen LogP contribution is 2.09. The Morgan fingerprint density at radius 2 is 1.80 bits per heavy atom. The Balaban J connectivity index is 3.44. The molecule has 0 radical (unpaired) electrons. The van der Waals surface area contributed by atoms with E-state index in [0.717, 1.165) is 0 Å². The van der Waals surface area contributed by atoms with Crippen LogP contribution in [0.4, 0.5) is 4.79 Å². The monoisotopic (exact) mass is 161 g/mol. The lowest BCUT2D eigenvalue weighted by Crippen LogP contribution is -2.27. The third-order valence-corrected chi connectivity index (χ3v) is 1.55. The van der Waals surface area contributed by atoms with E-state index in [9.17, 15) is 4.79 Å². The van der Waals surface area contributed by atoms with Crippen molar-refractivity contribution in [3.63, 3.8) is 0 Å². The predicted octanol–water partition coefficient (Wildman–Crippen LogP) is 2.25. The molecule has 0 aromatic carbocycles. The van der Waals surface area contributed by atoms with Crippen LogP contribution in [0.3, 0.4) is 0 Å². The second kappa shape index (κ2) is 4.61. The Kier molecular flexibility index (Phi) is 4.52. The summed E-state index contributed by atoms with van der Waals surface area (Å²) < 4.78 is 0. The van der Waals surface area contributed by atoms with Crippen molar-refractivity contribution in [2.24, 2.45) is 0 Å². The van der Waals surface area contributed by atoms with Gasteiger partial charge in [-0.2, -0.15) is 0 Å². The number of thioether (sulfide) groups is 1. The van der Waals surface area contributed by atoms with Crippen LogP contribution in [0.2, 0.25) is 0 Å². The number of carbonyl (C=O) groups excluding carboxylic acids is 1. The number of hydrogen-bond acceptors (Lipinski definition) is 2. The van der Waals surface area contributed by atoms with Crippen molar-refractivity contribution >= 4 is 17.0 Å². The van der Waals surface area contributed by atoms with Crippen LogP contribution in [-0.4, -0.2) is 16.5 Å². The zero-order valence-corrected chi connectivity index (χ0v) is 7.79. The van der Waals surface area contributed by atoms with Crippen molar-refractivity contribution < 1.29 is 4.79 Å². The molecule has 0 unspecified atom stereocenters. The van der Waals surface area contributed by atoms with Gasteiger partial charge in [-0.25, -0.2) is 0 Å². The standard InChI is InChI=1S/C7H15NOS/c1-5(2)8-7(9)10-6(3)4/h5-6H,1-4H3,(H,8,9). The van der Waals surface area contributed by atoms with Crippen molar-refractivity contribution in [1.82, 2.24) is 5.32 Å². The van der Waals surface area contributed by atoms with Crippen LogP contribution in [0, 0.1) is 0 Å². The van der Waals surface area contributed by atoms with Crippen LogP contribution in [0.25, 0.3) is 0 Å². The second-order valence-electron chi connectivity index (χ2n) is 2.75. The molecule has 0 saturated carbocycles. The lowest BCUT2D eigenvalue weighted by atomic mass is 10.4. The first-order chi connectivity index (χ1) is 4.52. The minimum absolute atomic E-state index is 0.0741. The molecule has 3 heteroatoms. The summed E-state index contributed by atoms with van der Waals surface area (Å²) in [5, 5.41) is 3.25. The van der Waals surface area contributed by atoms with Crippen LogP contribution in [0.15, 0.2) is 0 Å². The number of hydrogen-bond donors (Lipinski definition) is 1. The molecule has 0 rings (SSSR count). The summed E-state index contributed by atoms with van der Waals surface area (Å²) in [6.45, 7) is 7.92. The summed E-state index contributed by atoms with van der Waals surface area (Å²) in [7, 11) is 0. The summed E-state index contributed by atoms with van der Waals surface area (Å²) in [4.78, 5) is 10.9. The lowest BCUT2D eigenvalue weighted by Gasteiger charge is -2.08. The van der Waals surface area contributed by atoms with E-state index >= 15 is 0 Å². The van der Waals surface area contributed by atoms with Gasteiger partial charge in [0.15, 0.2) is 0 Å². The molecule has 1 N–H and O–H groups in total. The third-order valence-electron chi connectivity index (χ3n) is 0.749. The molecule has 0 aromatic heterocycles. The average Bonchev–Trinajstić information content (AvgIpc) is 1.58. The molecular formula is C7H15NOS. The minimum Gasteiger partial charge on any atom is -0.345 e. The highest BCUT2D eigenvalue weighted by molar-refractivity contribution is 8.14. The van der Waals surface area contributed by atoms with E-state index in [0.29, 0.717) is 5.25 Å². The van der Waals surface area contributed by atoms with Gasteiger partial charge >= 0.3 is 0 Å². The first-order valence-corrected chi connectivity index (χ1v) is 4.37. The van der Waals surface area contributed by atoms with E-state index in [1.807, 2.05) is 27.7 Å². The van der Waals surface area contributed by atoms with Gasteiger partial charge in [0, 0.05) is 11.3 Å². The largest absolute Gasteiger partial charge is 0.345 e. The Hall–Kier alpha value is -0.180. The van der Waals surface area contributed by atoms with Gasteiger partial charge in [-0.1, -0.05) is 25.6 Å². The SMILES string of the molecule is CC(C)NC(=O)SC(C)C. The normalized spacial score (nSPS) is 10.6. The van der Waals surface area contributed by atoms with Gasteiger partial charge in [-0.15, -0.1) is 0 Å². The topological polar surface area (TPSA) is 29.1 Å². The highest BCUT2D eigenvalue weighted by Gasteiger charge is 2.05. The summed E-state index contributed by atoms with van der Waals surface area (Å²) in [5.41, 5.74) is 0. The fourth-order valence-electron chi connectivity index (χ4n) is 0.484. The summed E-state index contributed by atoms with van der Waals surface area (Å²) in [6.07, 6.45) is 0. The van der Waals surface area contributed by atoms with Crippen molar-refractivity contribution in [3.8, 4) is 0 Å². The second-order valence-corrected chi connectivity index (χ2v) is 4.30. The quantitative estimate of drug-likeness (QED) is 0.673. The number of amides is 1. The third kappa shape index (κ3) is 5.95. The van der Waals surface area contributed by atoms with Gasteiger partial charge in [-0.05, 0) is 13.8 Å². The maximum absolute atomic E-state index is 10.9. The molecule has 0 fully saturated rings. The Bertz CT molecular complexity index is 100. The van der Waals surface area contributed by atoms with Crippen molar-refractivity contribution in [1.29, 1.82) is 0 Å². The molecule has 0 bridgehead atoms. The van der Waals surface area contributed by atoms with Gasteiger partial charge in [0.2, 0.25) is 0 Å². The average molecular weight is 161 g/mol. The summed E-state index contributed by atoms with van der Waals surface area (Å²) in [5.74, 6) is 0. The van der Waals surface area contributed by atoms with E-state index in [2.05, 4.69) is 5.32 Å². The Morgan fingerprint density at radius 1 is 1.30 bits per heavy atom. The van der Waals surface area contributed by atoms with E-state index in [1.54, 1.807) is 0 Å². The molecule has 1 amide bonds. The molecule has 0 aliphatic carbocycles. The molecular weight excluding hydrogens is 146 g/mol. The van der Waals surface area contributed by atoms with E-state index in [-0.39, 0.29) is 11.3 Å². The minimum atomic E-state index is 0.0741. The van der Waals surface area contributed by atoms with Gasteiger partial charge in [-0.3, -0.25) is 4.79 Å². The molecule has 0 aliphatic heterocycles. The van der Waals surface area contributed by atoms with E-state index in [4.69, 9.17) is 0 Å². The zero-order valence-electron chi connectivity index (χ0n) is 6.97. The van der Waals surface area contributed by atoms with Crippen molar-refractivity contribution in [2.45, 2.75) is 39.0 Å². The molecule has 0 heterocycles. The first kappa shape index (κ1) is 9.82. The van der Waals surface area contributed by atoms with Gasteiger partial charge in [0.25, 0.3) is 5.24 Å². The molecule has 0 spiro atoms. The molecule has 10 heavy (non-hydrogen) atoms. The molecule has 60 valence electrons. The van der Waals surface area contributed by atoms with Crippen LogP contribution in [0.5, 0.6) is 0 Å². The summed E-state index contributed by atoms with van der Waals surface area (Å²) >= 11 is 1.33. The maximum atomic E-state index is 10.9. The molecule has 0 atom stereocenters. The van der Waals surface area contributed by atoms with Crippen LogP contribution < -0.4 is 5.32 Å². The van der Waals surface area contributed by atoms with Crippen LogP contribution >= 0.6 is 11.8 Å². The van der Waals surface area contributed by atoms with Crippen LogP contribution in [-0.2, 0) is 0 Å². The first-order valence-electron chi connectivity index (χ1n) is 3.49. The fourth-order valence-corrected chi connectivity index (χ4v) is 1.22. The summed E-state index contributed by atoms with van der Waals surface area (Å²) in [6, 6.07) is 0.249. The zero-order chi connectivity index (χ0) is 8.15. The molecule has 0 aliphatic rings. The van der Waals surface area contributed by atoms with Crippen molar-refractivity contribution in [3.05, 3.63) is 0 Å². The molecule has 0 saturated heterocycles. The van der Waals surface area contributed by atoms with Gasteiger partial charge in [0.1, 0.15) is 0 Å². The van der Waals surface area contributed by atoms with Gasteiger partial charge < -0.3 is 5.32 Å².